The number of hydrogen-bond donors (Lipinski definition) is 0. The van der Waals surface area contributed by atoms with Gasteiger partial charge >= 0.3 is 11.9 Å². The molecule has 0 heterocycles. The number of allylic oxidation sites excluding steroid dienone is 4. The van der Waals surface area contributed by atoms with Crippen LogP contribution in [0.5, 0.6) is 0 Å². The lowest BCUT2D eigenvalue weighted by molar-refractivity contribution is -0.161. The molecule has 0 saturated heterocycles. The van der Waals surface area contributed by atoms with Gasteiger partial charge in [0, 0.05) is 0 Å². The van der Waals surface area contributed by atoms with E-state index in [4.69, 9.17) is 9.47 Å². The Morgan fingerprint density at radius 2 is 0.682 bits per heavy atom. The van der Waals surface area contributed by atoms with Crippen LogP contribution in [-0.2, 0) is 19.1 Å². The molecule has 0 aliphatic heterocycles. The van der Waals surface area contributed by atoms with Crippen molar-refractivity contribution in [2.24, 2.45) is 11.8 Å². The molecule has 0 aromatic carbocycles. The third-order valence-corrected chi connectivity index (χ3v) is 8.72. The number of carbonyl (C=O) groups is 2. The molecule has 0 spiro atoms. The van der Waals surface area contributed by atoms with E-state index in [-0.39, 0.29) is 11.9 Å². The maximum absolute atomic E-state index is 13.0. The molecule has 2 atom stereocenters. The first kappa shape index (κ1) is 42.4. The molecule has 0 N–H and O–H groups in total. The van der Waals surface area contributed by atoms with Crippen molar-refractivity contribution < 1.29 is 19.1 Å². The zero-order chi connectivity index (χ0) is 32.4. The monoisotopic (exact) mass is 619 g/mol. The van der Waals surface area contributed by atoms with Crippen LogP contribution in [0.25, 0.3) is 0 Å². The van der Waals surface area contributed by atoms with Gasteiger partial charge in [-0.15, -0.1) is 0 Å². The summed E-state index contributed by atoms with van der Waals surface area (Å²) in [6, 6.07) is 0. The van der Waals surface area contributed by atoms with Crippen LogP contribution in [0.3, 0.4) is 0 Å². The van der Waals surface area contributed by atoms with Crippen molar-refractivity contribution >= 4 is 11.9 Å². The Hall–Kier alpha value is -1.58. The minimum atomic E-state index is -0.392. The fourth-order valence-corrected chi connectivity index (χ4v) is 5.98. The summed E-state index contributed by atoms with van der Waals surface area (Å²) in [5.41, 5.74) is 0. The van der Waals surface area contributed by atoms with Crippen LogP contribution >= 0.6 is 0 Å². The average Bonchev–Trinajstić information content (AvgIpc) is 3.02. The van der Waals surface area contributed by atoms with E-state index in [2.05, 4.69) is 38.2 Å². The van der Waals surface area contributed by atoms with Crippen LogP contribution in [-0.4, -0.2) is 25.2 Å². The van der Waals surface area contributed by atoms with E-state index in [0.29, 0.717) is 26.1 Å². The van der Waals surface area contributed by atoms with Gasteiger partial charge in [-0.3, -0.25) is 9.59 Å². The molecular formula is C40H74O4. The molecule has 0 aromatic rings. The highest BCUT2D eigenvalue weighted by atomic mass is 16.5. The predicted octanol–water partition coefficient (Wildman–Crippen LogP) is 12.6. The molecule has 0 fully saturated rings. The van der Waals surface area contributed by atoms with Gasteiger partial charge in [0.1, 0.15) is 0 Å². The second kappa shape index (κ2) is 34.3. The van der Waals surface area contributed by atoms with Gasteiger partial charge in [-0.05, 0) is 78.1 Å². The molecule has 258 valence electrons. The molecule has 0 saturated carbocycles. The van der Waals surface area contributed by atoms with E-state index >= 15 is 0 Å². The lowest BCUT2D eigenvalue weighted by Gasteiger charge is -2.24. The third kappa shape index (κ3) is 26.8. The van der Waals surface area contributed by atoms with Gasteiger partial charge in [-0.1, -0.05) is 141 Å². The summed E-state index contributed by atoms with van der Waals surface area (Å²) in [7, 11) is 0. The predicted molar refractivity (Wildman–Crippen MR) is 190 cm³/mol. The number of ether oxygens (including phenoxy) is 2. The van der Waals surface area contributed by atoms with Crippen molar-refractivity contribution in [1.82, 2.24) is 0 Å². The van der Waals surface area contributed by atoms with Gasteiger partial charge in [0.25, 0.3) is 0 Å². The fourth-order valence-electron chi connectivity index (χ4n) is 5.98. The van der Waals surface area contributed by atoms with E-state index in [1.54, 1.807) is 0 Å². The Morgan fingerprint density at radius 1 is 0.409 bits per heavy atom. The molecule has 0 aromatic heterocycles. The maximum atomic E-state index is 13.0. The van der Waals surface area contributed by atoms with Gasteiger partial charge in [-0.2, -0.15) is 0 Å². The summed E-state index contributed by atoms with van der Waals surface area (Å²) < 4.78 is 10.9. The Balaban J connectivity index is 4.39. The van der Waals surface area contributed by atoms with Crippen LogP contribution in [0, 0.1) is 11.8 Å². The summed E-state index contributed by atoms with van der Waals surface area (Å²) in [5, 5.41) is 0. The Bertz CT molecular complexity index is 625. The van der Waals surface area contributed by atoms with Gasteiger partial charge in [0.15, 0.2) is 0 Å². The SMILES string of the molecule is CCCCCCCC/C=C\CCCCCCC(C(=O)OCC)C(CCCCCC/C=C\CCCCCCCC)C(=O)OCC. The molecule has 4 heteroatoms. The first-order valence-electron chi connectivity index (χ1n) is 19.2. The first-order valence-corrected chi connectivity index (χ1v) is 19.2. The molecule has 0 amide bonds. The largest absolute Gasteiger partial charge is 0.466 e. The second-order valence-corrected chi connectivity index (χ2v) is 12.8. The maximum Gasteiger partial charge on any atom is 0.309 e. The smallest absolute Gasteiger partial charge is 0.309 e. The summed E-state index contributed by atoms with van der Waals surface area (Å²) >= 11 is 0. The highest BCUT2D eigenvalue weighted by Crippen LogP contribution is 2.28. The minimum Gasteiger partial charge on any atom is -0.466 e. The molecular weight excluding hydrogens is 544 g/mol. The number of hydrogen-bond acceptors (Lipinski definition) is 4. The minimum absolute atomic E-state index is 0.223. The van der Waals surface area contributed by atoms with Crippen molar-refractivity contribution in [2.45, 2.75) is 195 Å². The van der Waals surface area contributed by atoms with Crippen LogP contribution in [0.2, 0.25) is 0 Å². The second-order valence-electron chi connectivity index (χ2n) is 12.8. The molecule has 0 aliphatic carbocycles. The van der Waals surface area contributed by atoms with Crippen molar-refractivity contribution in [3.05, 3.63) is 24.3 Å². The lowest BCUT2D eigenvalue weighted by atomic mass is 9.83. The standard InChI is InChI=1S/C40H74O4/c1-5-9-11-13-15-17-19-21-23-25-27-29-31-33-35-37(39(41)43-7-3)38(40(42)44-8-4)36-34-32-30-28-26-24-22-20-18-16-14-12-10-6-2/h21-24,37-38H,5-20,25-36H2,1-4H3/b23-21-,24-22-. The third-order valence-electron chi connectivity index (χ3n) is 8.72. The van der Waals surface area contributed by atoms with E-state index in [1.165, 1.54) is 103 Å². The zero-order valence-electron chi connectivity index (χ0n) is 29.9. The van der Waals surface area contributed by atoms with Crippen molar-refractivity contribution in [3.63, 3.8) is 0 Å². The Kier molecular flexibility index (Phi) is 33.1. The molecule has 0 radical (unpaired) electrons. The van der Waals surface area contributed by atoms with Gasteiger partial charge in [0.05, 0.1) is 25.0 Å². The molecule has 4 nitrogen and oxygen atoms in total. The van der Waals surface area contributed by atoms with Gasteiger partial charge in [0.2, 0.25) is 0 Å². The Morgan fingerprint density at radius 3 is 0.977 bits per heavy atom. The topological polar surface area (TPSA) is 52.6 Å². The van der Waals surface area contributed by atoms with E-state index in [0.717, 1.165) is 51.4 Å². The fraction of sp³-hybridized carbons (Fsp3) is 0.850. The molecule has 0 rings (SSSR count). The van der Waals surface area contributed by atoms with Gasteiger partial charge < -0.3 is 9.47 Å². The normalized spacial score (nSPS) is 13.1. The number of carbonyl (C=O) groups excluding carboxylic acids is 2. The average molecular weight is 619 g/mol. The van der Waals surface area contributed by atoms with Gasteiger partial charge in [-0.25, -0.2) is 0 Å². The number of unbranched alkanes of at least 4 members (excludes halogenated alkanes) is 20. The van der Waals surface area contributed by atoms with Crippen LogP contribution in [0.15, 0.2) is 24.3 Å². The summed E-state index contributed by atoms with van der Waals surface area (Å²) in [6.07, 6.45) is 40.5. The van der Waals surface area contributed by atoms with Crippen LogP contribution in [0.4, 0.5) is 0 Å². The van der Waals surface area contributed by atoms with Crippen molar-refractivity contribution in [1.29, 1.82) is 0 Å². The summed E-state index contributed by atoms with van der Waals surface area (Å²) in [4.78, 5) is 25.9. The summed E-state index contributed by atoms with van der Waals surface area (Å²) in [5.74, 6) is -1.23. The highest BCUT2D eigenvalue weighted by molar-refractivity contribution is 5.82. The van der Waals surface area contributed by atoms with E-state index < -0.39 is 11.8 Å². The molecule has 0 aliphatic rings. The quantitative estimate of drug-likeness (QED) is 0.0417. The van der Waals surface area contributed by atoms with E-state index in [1.807, 2.05) is 13.8 Å². The Labute approximate surface area is 274 Å². The zero-order valence-corrected chi connectivity index (χ0v) is 29.9. The van der Waals surface area contributed by atoms with Crippen LogP contribution < -0.4 is 0 Å². The molecule has 0 bridgehead atoms. The summed E-state index contributed by atoms with van der Waals surface area (Å²) in [6.45, 7) is 8.92. The number of esters is 2. The molecule has 44 heavy (non-hydrogen) atoms. The van der Waals surface area contributed by atoms with E-state index in [9.17, 15) is 9.59 Å². The van der Waals surface area contributed by atoms with Crippen LogP contribution in [0.1, 0.15) is 195 Å². The lowest BCUT2D eigenvalue weighted by Crippen LogP contribution is -2.33. The van der Waals surface area contributed by atoms with Crippen molar-refractivity contribution in [3.8, 4) is 0 Å². The first-order chi connectivity index (χ1) is 21.6. The highest BCUT2D eigenvalue weighted by Gasteiger charge is 2.35. The number of rotatable bonds is 33. The molecule has 2 unspecified atom stereocenters. The van der Waals surface area contributed by atoms with Crippen molar-refractivity contribution in [2.75, 3.05) is 13.2 Å².